The Labute approximate surface area is 117 Å². The second kappa shape index (κ2) is 6.03. The van der Waals surface area contributed by atoms with Crippen LogP contribution in [0.15, 0.2) is 28.2 Å². The highest BCUT2D eigenvalue weighted by molar-refractivity contribution is 9.10. The van der Waals surface area contributed by atoms with Crippen LogP contribution in [0.4, 0.5) is 0 Å². The van der Waals surface area contributed by atoms with Crippen molar-refractivity contribution in [1.82, 2.24) is 5.32 Å². The Balaban J connectivity index is 2.74. The van der Waals surface area contributed by atoms with Gasteiger partial charge < -0.3 is 5.32 Å². The first-order valence-electron chi connectivity index (χ1n) is 5.65. The van der Waals surface area contributed by atoms with Crippen LogP contribution in [0.25, 0.3) is 6.08 Å². The Morgan fingerprint density at radius 2 is 2.06 bits per heavy atom. The van der Waals surface area contributed by atoms with Crippen molar-refractivity contribution in [2.75, 3.05) is 6.54 Å². The van der Waals surface area contributed by atoms with Crippen molar-refractivity contribution in [3.63, 3.8) is 0 Å². The fourth-order valence-corrected chi connectivity index (χ4v) is 2.14. The maximum absolute atomic E-state index is 5.91. The van der Waals surface area contributed by atoms with Crippen molar-refractivity contribution in [1.29, 1.82) is 0 Å². The summed E-state index contributed by atoms with van der Waals surface area (Å²) >= 11 is 9.43. The molecule has 0 heterocycles. The molecular formula is C14H19BrClN. The van der Waals surface area contributed by atoms with Crippen LogP contribution in [0.3, 0.4) is 0 Å². The van der Waals surface area contributed by atoms with Gasteiger partial charge in [0, 0.05) is 21.6 Å². The lowest BCUT2D eigenvalue weighted by Gasteiger charge is -2.20. The summed E-state index contributed by atoms with van der Waals surface area (Å²) in [7, 11) is 0. The monoisotopic (exact) mass is 315 g/mol. The van der Waals surface area contributed by atoms with Crippen molar-refractivity contribution < 1.29 is 0 Å². The lowest BCUT2D eigenvalue weighted by molar-refractivity contribution is 0.445. The van der Waals surface area contributed by atoms with Gasteiger partial charge in [-0.15, -0.1) is 0 Å². The summed E-state index contributed by atoms with van der Waals surface area (Å²) in [6.07, 6.45) is 2.17. The second-order valence-corrected chi connectivity index (χ2v) is 6.55. The molecule has 1 nitrogen and oxygen atoms in total. The fourth-order valence-electron chi connectivity index (χ4n) is 1.34. The first-order chi connectivity index (χ1) is 7.78. The quantitative estimate of drug-likeness (QED) is 0.837. The predicted octanol–water partition coefficient (Wildman–Crippen LogP) is 4.89. The molecule has 0 aliphatic heterocycles. The molecule has 0 bridgehead atoms. The number of rotatable bonds is 3. The number of halogens is 2. The van der Waals surface area contributed by atoms with Gasteiger partial charge in [0.05, 0.1) is 0 Å². The molecule has 0 spiro atoms. The molecule has 0 aliphatic carbocycles. The lowest BCUT2D eigenvalue weighted by Crippen LogP contribution is -2.36. The van der Waals surface area contributed by atoms with Crippen LogP contribution < -0.4 is 5.32 Å². The van der Waals surface area contributed by atoms with E-state index < -0.39 is 0 Å². The molecule has 0 unspecified atom stereocenters. The van der Waals surface area contributed by atoms with Crippen molar-refractivity contribution in [3.8, 4) is 0 Å². The zero-order chi connectivity index (χ0) is 13.1. The standard InChI is InChI=1S/C14H19BrClN/c1-10(9-17-14(2,3)4)7-11-5-6-12(16)8-13(11)15/h5-8,17H,9H2,1-4H3/b10-7-. The van der Waals surface area contributed by atoms with Gasteiger partial charge in [0.2, 0.25) is 0 Å². The zero-order valence-electron chi connectivity index (χ0n) is 10.8. The third-order valence-electron chi connectivity index (χ3n) is 2.26. The van der Waals surface area contributed by atoms with Gasteiger partial charge >= 0.3 is 0 Å². The minimum atomic E-state index is 0.145. The molecule has 3 heteroatoms. The van der Waals surface area contributed by atoms with E-state index in [1.165, 1.54) is 5.57 Å². The lowest BCUT2D eigenvalue weighted by atomic mass is 10.1. The Morgan fingerprint density at radius 1 is 1.41 bits per heavy atom. The van der Waals surface area contributed by atoms with Gasteiger partial charge in [0.1, 0.15) is 0 Å². The molecule has 0 saturated heterocycles. The summed E-state index contributed by atoms with van der Waals surface area (Å²) in [5, 5.41) is 4.21. The van der Waals surface area contributed by atoms with Gasteiger partial charge in [0.15, 0.2) is 0 Å². The molecule has 0 fully saturated rings. The average molecular weight is 317 g/mol. The summed E-state index contributed by atoms with van der Waals surface area (Å²) in [5.41, 5.74) is 2.59. The Hall–Kier alpha value is -0.310. The van der Waals surface area contributed by atoms with E-state index in [2.05, 4.69) is 55.0 Å². The second-order valence-electron chi connectivity index (χ2n) is 5.26. The maximum Gasteiger partial charge on any atom is 0.0417 e. The maximum atomic E-state index is 5.91. The van der Waals surface area contributed by atoms with Crippen LogP contribution >= 0.6 is 27.5 Å². The molecule has 1 aromatic rings. The third kappa shape index (κ3) is 5.71. The molecule has 0 radical (unpaired) electrons. The predicted molar refractivity (Wildman–Crippen MR) is 80.6 cm³/mol. The van der Waals surface area contributed by atoms with Gasteiger partial charge in [-0.05, 0) is 45.4 Å². The van der Waals surface area contributed by atoms with Crippen LogP contribution in [-0.2, 0) is 0 Å². The van der Waals surface area contributed by atoms with Crippen LogP contribution in [-0.4, -0.2) is 12.1 Å². The molecule has 0 atom stereocenters. The van der Waals surface area contributed by atoms with Crippen molar-refractivity contribution in [2.45, 2.75) is 33.2 Å². The van der Waals surface area contributed by atoms with E-state index in [4.69, 9.17) is 11.6 Å². The molecule has 0 aliphatic rings. The van der Waals surface area contributed by atoms with Crippen LogP contribution in [0.1, 0.15) is 33.3 Å². The molecular weight excluding hydrogens is 298 g/mol. The van der Waals surface area contributed by atoms with Crippen LogP contribution in [0.2, 0.25) is 5.02 Å². The van der Waals surface area contributed by atoms with Gasteiger partial charge in [-0.3, -0.25) is 0 Å². The molecule has 0 aromatic heterocycles. The highest BCUT2D eigenvalue weighted by Gasteiger charge is 2.08. The van der Waals surface area contributed by atoms with Crippen molar-refractivity contribution in [2.24, 2.45) is 0 Å². The SMILES string of the molecule is C/C(=C/c1ccc(Cl)cc1Br)CNC(C)(C)C. The average Bonchev–Trinajstić information content (AvgIpc) is 2.18. The summed E-state index contributed by atoms with van der Waals surface area (Å²) in [6, 6.07) is 5.84. The highest BCUT2D eigenvalue weighted by Crippen LogP contribution is 2.23. The van der Waals surface area contributed by atoms with E-state index >= 15 is 0 Å². The molecule has 0 amide bonds. The van der Waals surface area contributed by atoms with E-state index in [0.717, 1.165) is 21.6 Å². The number of benzene rings is 1. The van der Waals surface area contributed by atoms with E-state index in [0.29, 0.717) is 0 Å². The third-order valence-corrected chi connectivity index (χ3v) is 3.18. The van der Waals surface area contributed by atoms with Crippen LogP contribution in [0, 0.1) is 0 Å². The Bertz CT molecular complexity index is 419. The molecule has 1 aromatic carbocycles. The van der Waals surface area contributed by atoms with Gasteiger partial charge in [0.25, 0.3) is 0 Å². The fraction of sp³-hybridized carbons (Fsp3) is 0.429. The zero-order valence-corrected chi connectivity index (χ0v) is 13.1. The number of hydrogen-bond donors (Lipinski definition) is 1. The smallest absolute Gasteiger partial charge is 0.0417 e. The van der Waals surface area contributed by atoms with Gasteiger partial charge in [-0.25, -0.2) is 0 Å². The first kappa shape index (κ1) is 14.7. The first-order valence-corrected chi connectivity index (χ1v) is 6.82. The highest BCUT2D eigenvalue weighted by atomic mass is 79.9. The van der Waals surface area contributed by atoms with E-state index in [1.807, 2.05) is 18.2 Å². The topological polar surface area (TPSA) is 12.0 Å². The largest absolute Gasteiger partial charge is 0.308 e. The minimum absolute atomic E-state index is 0.145. The number of hydrogen-bond acceptors (Lipinski definition) is 1. The van der Waals surface area contributed by atoms with Crippen molar-refractivity contribution >= 4 is 33.6 Å². The van der Waals surface area contributed by atoms with E-state index in [-0.39, 0.29) is 5.54 Å². The van der Waals surface area contributed by atoms with Gasteiger partial charge in [-0.2, -0.15) is 0 Å². The summed E-state index contributed by atoms with van der Waals surface area (Å²) < 4.78 is 1.03. The van der Waals surface area contributed by atoms with E-state index in [9.17, 15) is 0 Å². The molecule has 94 valence electrons. The summed E-state index contributed by atoms with van der Waals surface area (Å²) in [4.78, 5) is 0. The number of nitrogens with one attached hydrogen (secondary N) is 1. The molecule has 17 heavy (non-hydrogen) atoms. The molecule has 1 rings (SSSR count). The van der Waals surface area contributed by atoms with E-state index in [1.54, 1.807) is 0 Å². The Morgan fingerprint density at radius 3 is 2.59 bits per heavy atom. The van der Waals surface area contributed by atoms with Crippen LogP contribution in [0.5, 0.6) is 0 Å². The van der Waals surface area contributed by atoms with Crippen molar-refractivity contribution in [3.05, 3.63) is 38.8 Å². The summed E-state index contributed by atoms with van der Waals surface area (Å²) in [5.74, 6) is 0. The Kier molecular flexibility index (Phi) is 5.23. The summed E-state index contributed by atoms with van der Waals surface area (Å²) in [6.45, 7) is 9.51. The van der Waals surface area contributed by atoms with Gasteiger partial charge in [-0.1, -0.05) is 45.2 Å². The normalized spacial score (nSPS) is 12.9. The minimum Gasteiger partial charge on any atom is -0.308 e. The molecule has 0 saturated carbocycles. The molecule has 1 N–H and O–H groups in total.